The van der Waals surface area contributed by atoms with Crippen LogP contribution in [0.5, 0.6) is 0 Å². The molecular formula is C5H11N3. The molecule has 0 bridgehead atoms. The first-order valence-electron chi connectivity index (χ1n) is 2.51. The second kappa shape index (κ2) is 4.18. The van der Waals surface area contributed by atoms with Crippen LogP contribution in [-0.4, -0.2) is 12.8 Å². The van der Waals surface area contributed by atoms with Gasteiger partial charge in [-0.1, -0.05) is 0 Å². The first-order valence-corrected chi connectivity index (χ1v) is 2.51. The van der Waals surface area contributed by atoms with E-state index in [2.05, 4.69) is 5.32 Å². The van der Waals surface area contributed by atoms with Crippen LogP contribution >= 0.6 is 0 Å². The smallest absolute Gasteiger partial charge is 0.0975 e. The van der Waals surface area contributed by atoms with Gasteiger partial charge in [-0.3, -0.25) is 0 Å². The fraction of sp³-hybridized carbons (Fsp3) is 0.400. The molecule has 0 aromatic heterocycles. The van der Waals surface area contributed by atoms with E-state index >= 15 is 0 Å². The van der Waals surface area contributed by atoms with Gasteiger partial charge in [0.15, 0.2) is 0 Å². The summed E-state index contributed by atoms with van der Waals surface area (Å²) in [5.74, 6) is 0.544. The molecule has 0 aliphatic rings. The summed E-state index contributed by atoms with van der Waals surface area (Å²) in [6.45, 7) is 2.75. The van der Waals surface area contributed by atoms with Gasteiger partial charge < -0.3 is 16.5 Å². The molecule has 0 spiro atoms. The monoisotopic (exact) mass is 113 g/mol. The number of allylic oxidation sites excluding steroid dienone is 1. The zero-order chi connectivity index (χ0) is 6.41. The van der Waals surface area contributed by atoms with Gasteiger partial charge in [0.1, 0.15) is 0 Å². The van der Waals surface area contributed by atoms with Gasteiger partial charge in [-0.2, -0.15) is 0 Å². The summed E-state index contributed by atoms with van der Waals surface area (Å²) in [5, 5.41) is 9.42. The van der Waals surface area contributed by atoms with Crippen molar-refractivity contribution in [2.24, 2.45) is 5.73 Å². The molecule has 4 N–H and O–H groups in total. The molecule has 0 saturated carbocycles. The highest BCUT2D eigenvalue weighted by Crippen LogP contribution is 1.69. The van der Waals surface area contributed by atoms with E-state index in [4.69, 9.17) is 11.1 Å². The van der Waals surface area contributed by atoms with E-state index in [9.17, 15) is 0 Å². The van der Waals surface area contributed by atoms with Gasteiger partial charge in [0, 0.05) is 12.8 Å². The van der Waals surface area contributed by atoms with Crippen LogP contribution in [0.2, 0.25) is 0 Å². The Kier molecular flexibility index (Phi) is 3.66. The second-order valence-electron chi connectivity index (χ2n) is 1.32. The topological polar surface area (TPSA) is 61.9 Å². The van der Waals surface area contributed by atoms with Crippen LogP contribution in [0.1, 0.15) is 6.92 Å². The molecule has 0 aliphatic carbocycles. The highest BCUT2D eigenvalue weighted by Gasteiger charge is 1.77. The highest BCUT2D eigenvalue weighted by atomic mass is 15.0. The van der Waals surface area contributed by atoms with Crippen molar-refractivity contribution in [1.29, 1.82) is 5.41 Å². The van der Waals surface area contributed by atoms with Gasteiger partial charge in [-0.05, 0) is 13.0 Å². The van der Waals surface area contributed by atoms with Crippen LogP contribution in [0.4, 0.5) is 0 Å². The van der Waals surface area contributed by atoms with Crippen molar-refractivity contribution in [1.82, 2.24) is 5.32 Å². The van der Waals surface area contributed by atoms with Gasteiger partial charge in [0.05, 0.1) is 5.82 Å². The summed E-state index contributed by atoms with van der Waals surface area (Å²) in [7, 11) is 0. The summed E-state index contributed by atoms with van der Waals surface area (Å²) >= 11 is 0. The zero-order valence-electron chi connectivity index (χ0n) is 4.94. The quantitative estimate of drug-likeness (QED) is 0.453. The molecule has 0 unspecified atom stereocenters. The maximum Gasteiger partial charge on any atom is 0.0975 e. The van der Waals surface area contributed by atoms with E-state index in [0.717, 1.165) is 12.8 Å². The Morgan fingerprint density at radius 1 is 1.88 bits per heavy atom. The minimum atomic E-state index is 0.544. The SMILES string of the molecule is CCN/C(N)=C\C=N. The third kappa shape index (κ3) is 3.21. The zero-order valence-corrected chi connectivity index (χ0v) is 4.94. The number of rotatable bonds is 3. The molecular weight excluding hydrogens is 102 g/mol. The lowest BCUT2D eigenvalue weighted by Crippen LogP contribution is -2.19. The first-order chi connectivity index (χ1) is 3.81. The molecule has 0 fully saturated rings. The van der Waals surface area contributed by atoms with Crippen molar-refractivity contribution in [3.63, 3.8) is 0 Å². The number of nitrogens with one attached hydrogen (secondary N) is 2. The van der Waals surface area contributed by atoms with Crippen molar-refractivity contribution in [2.75, 3.05) is 6.54 Å². The Balaban J connectivity index is 3.44. The summed E-state index contributed by atoms with van der Waals surface area (Å²) in [5.41, 5.74) is 5.29. The molecule has 3 heteroatoms. The fourth-order valence-electron chi connectivity index (χ4n) is 0.353. The lowest BCUT2D eigenvalue weighted by Gasteiger charge is -1.97. The molecule has 0 amide bonds. The third-order valence-corrected chi connectivity index (χ3v) is 0.644. The van der Waals surface area contributed by atoms with E-state index in [0.29, 0.717) is 5.82 Å². The Labute approximate surface area is 49.1 Å². The average molecular weight is 113 g/mol. The predicted molar refractivity (Wildman–Crippen MR) is 34.7 cm³/mol. The average Bonchev–Trinajstić information content (AvgIpc) is 1.68. The normalized spacial score (nSPS) is 10.9. The van der Waals surface area contributed by atoms with E-state index in [-0.39, 0.29) is 0 Å². The van der Waals surface area contributed by atoms with E-state index in [1.165, 1.54) is 6.08 Å². The molecule has 0 rings (SSSR count). The Morgan fingerprint density at radius 3 is 2.88 bits per heavy atom. The van der Waals surface area contributed by atoms with Crippen molar-refractivity contribution in [3.05, 3.63) is 11.9 Å². The number of hydrogen-bond acceptors (Lipinski definition) is 3. The van der Waals surface area contributed by atoms with Crippen molar-refractivity contribution < 1.29 is 0 Å². The van der Waals surface area contributed by atoms with Crippen LogP contribution in [0.15, 0.2) is 11.9 Å². The van der Waals surface area contributed by atoms with E-state index in [1.807, 2.05) is 6.92 Å². The van der Waals surface area contributed by atoms with Gasteiger partial charge in [-0.25, -0.2) is 0 Å². The van der Waals surface area contributed by atoms with Crippen LogP contribution in [0.25, 0.3) is 0 Å². The van der Waals surface area contributed by atoms with Crippen LogP contribution < -0.4 is 11.1 Å². The van der Waals surface area contributed by atoms with E-state index in [1.54, 1.807) is 0 Å². The van der Waals surface area contributed by atoms with Crippen LogP contribution in [0, 0.1) is 5.41 Å². The highest BCUT2D eigenvalue weighted by molar-refractivity contribution is 5.68. The van der Waals surface area contributed by atoms with Crippen molar-refractivity contribution in [3.8, 4) is 0 Å². The molecule has 0 heterocycles. The molecule has 0 saturated heterocycles. The van der Waals surface area contributed by atoms with Gasteiger partial charge in [0.25, 0.3) is 0 Å². The molecule has 0 aliphatic heterocycles. The largest absolute Gasteiger partial charge is 0.385 e. The third-order valence-electron chi connectivity index (χ3n) is 0.644. The number of hydrogen-bond donors (Lipinski definition) is 3. The van der Waals surface area contributed by atoms with E-state index < -0.39 is 0 Å². The molecule has 0 atom stereocenters. The maximum absolute atomic E-state index is 6.59. The maximum atomic E-state index is 6.59. The molecule has 3 nitrogen and oxygen atoms in total. The van der Waals surface area contributed by atoms with Crippen LogP contribution in [-0.2, 0) is 0 Å². The fourth-order valence-corrected chi connectivity index (χ4v) is 0.353. The minimum absolute atomic E-state index is 0.544. The molecule has 8 heavy (non-hydrogen) atoms. The Bertz CT molecular complexity index is 95.8. The number of nitrogens with two attached hydrogens (primary N) is 1. The van der Waals surface area contributed by atoms with Crippen molar-refractivity contribution >= 4 is 6.21 Å². The summed E-state index contributed by atoms with van der Waals surface area (Å²) < 4.78 is 0. The summed E-state index contributed by atoms with van der Waals surface area (Å²) in [6.07, 6.45) is 2.65. The first kappa shape index (κ1) is 7.01. The summed E-state index contributed by atoms with van der Waals surface area (Å²) in [6, 6.07) is 0. The second-order valence-corrected chi connectivity index (χ2v) is 1.32. The Morgan fingerprint density at radius 2 is 2.50 bits per heavy atom. The lowest BCUT2D eigenvalue weighted by atomic mass is 10.6. The molecule has 0 radical (unpaired) electrons. The van der Waals surface area contributed by atoms with Crippen molar-refractivity contribution in [2.45, 2.75) is 6.92 Å². The summed E-state index contributed by atoms with van der Waals surface area (Å²) in [4.78, 5) is 0. The minimum Gasteiger partial charge on any atom is -0.385 e. The van der Waals surface area contributed by atoms with Gasteiger partial charge >= 0.3 is 0 Å². The van der Waals surface area contributed by atoms with Gasteiger partial charge in [0.2, 0.25) is 0 Å². The molecule has 46 valence electrons. The Hall–Kier alpha value is -0.990. The molecule has 0 aromatic carbocycles. The van der Waals surface area contributed by atoms with Gasteiger partial charge in [-0.15, -0.1) is 0 Å². The standard InChI is InChI=1S/C5H11N3/c1-2-8-5(7)3-4-6/h3-4,6,8H,2,7H2,1H3/b5-3-,6-4?. The predicted octanol–water partition coefficient (Wildman–Crippen LogP) is 0.0456. The lowest BCUT2D eigenvalue weighted by molar-refractivity contribution is 0.842. The molecule has 0 aromatic rings. The van der Waals surface area contributed by atoms with Crippen LogP contribution in [0.3, 0.4) is 0 Å².